The lowest BCUT2D eigenvalue weighted by atomic mass is 9.87. The minimum Gasteiger partial charge on any atom is -0.465 e. The predicted octanol–water partition coefficient (Wildman–Crippen LogP) is 2.56. The number of carboxylic acid groups (broad SMARTS) is 1. The van der Waals surface area contributed by atoms with Crippen LogP contribution in [-0.2, 0) is 0 Å². The van der Waals surface area contributed by atoms with Gasteiger partial charge in [0.2, 0.25) is 0 Å². The van der Waals surface area contributed by atoms with Crippen LogP contribution < -0.4 is 0 Å². The molecule has 0 aromatic heterocycles. The highest BCUT2D eigenvalue weighted by Crippen LogP contribution is 2.31. The summed E-state index contributed by atoms with van der Waals surface area (Å²) >= 11 is 0. The first-order valence-corrected chi connectivity index (χ1v) is 6.41. The molecule has 1 aromatic carbocycles. The van der Waals surface area contributed by atoms with Gasteiger partial charge in [0.1, 0.15) is 5.82 Å². The maximum atomic E-state index is 13.3. The number of halogens is 1. The monoisotopic (exact) mass is 267 g/mol. The number of aryl methyl sites for hydroxylation is 1. The van der Waals surface area contributed by atoms with E-state index in [0.29, 0.717) is 18.7 Å². The highest BCUT2D eigenvalue weighted by atomic mass is 19.1. The van der Waals surface area contributed by atoms with Crippen molar-refractivity contribution in [3.05, 3.63) is 35.1 Å². The second-order valence-corrected chi connectivity index (χ2v) is 5.08. The molecule has 1 aliphatic heterocycles. The number of aliphatic hydroxyl groups is 1. The van der Waals surface area contributed by atoms with Gasteiger partial charge < -0.3 is 15.1 Å². The van der Waals surface area contributed by atoms with Crippen LogP contribution in [0.5, 0.6) is 0 Å². The van der Waals surface area contributed by atoms with Crippen molar-refractivity contribution >= 4 is 6.09 Å². The topological polar surface area (TPSA) is 60.8 Å². The predicted molar refractivity (Wildman–Crippen MR) is 68.4 cm³/mol. The number of benzene rings is 1. The molecule has 5 heteroatoms. The molecule has 1 aromatic rings. The van der Waals surface area contributed by atoms with Crippen molar-refractivity contribution in [1.82, 2.24) is 4.90 Å². The summed E-state index contributed by atoms with van der Waals surface area (Å²) in [5.41, 5.74) is 1.37. The average Bonchev–Trinajstić information content (AvgIpc) is 2.41. The zero-order chi connectivity index (χ0) is 14.0. The Bertz CT molecular complexity index is 478. The van der Waals surface area contributed by atoms with E-state index < -0.39 is 12.2 Å². The van der Waals surface area contributed by atoms with E-state index in [1.165, 1.54) is 17.0 Å². The Labute approximate surface area is 111 Å². The molecular formula is C14H18FNO3. The summed E-state index contributed by atoms with van der Waals surface area (Å²) in [4.78, 5) is 12.3. The summed E-state index contributed by atoms with van der Waals surface area (Å²) in [5, 5.41) is 19.4. The Morgan fingerprint density at radius 1 is 1.53 bits per heavy atom. The first kappa shape index (κ1) is 13.8. The van der Waals surface area contributed by atoms with E-state index in [0.717, 1.165) is 18.4 Å². The highest BCUT2D eigenvalue weighted by Gasteiger charge is 2.29. The largest absolute Gasteiger partial charge is 0.465 e. The summed E-state index contributed by atoms with van der Waals surface area (Å²) in [6, 6.07) is 4.32. The maximum Gasteiger partial charge on any atom is 0.407 e. The van der Waals surface area contributed by atoms with Crippen LogP contribution in [0.4, 0.5) is 9.18 Å². The van der Waals surface area contributed by atoms with Crippen molar-refractivity contribution in [3.8, 4) is 0 Å². The zero-order valence-electron chi connectivity index (χ0n) is 10.8. The molecule has 1 aliphatic rings. The third kappa shape index (κ3) is 3.04. The van der Waals surface area contributed by atoms with Gasteiger partial charge in [-0.1, -0.05) is 6.07 Å². The number of amides is 1. The molecular weight excluding hydrogens is 249 g/mol. The number of aliphatic hydroxyl groups excluding tert-OH is 1. The van der Waals surface area contributed by atoms with Gasteiger partial charge in [-0.2, -0.15) is 0 Å². The molecule has 1 fully saturated rings. The molecule has 1 heterocycles. The number of nitrogens with zero attached hydrogens (tertiary/aromatic N) is 1. The lowest BCUT2D eigenvalue weighted by Crippen LogP contribution is -2.41. The molecule has 2 atom stereocenters. The number of piperidine rings is 1. The van der Waals surface area contributed by atoms with Gasteiger partial charge in [-0.3, -0.25) is 0 Å². The molecule has 4 nitrogen and oxygen atoms in total. The quantitative estimate of drug-likeness (QED) is 0.865. The Morgan fingerprint density at radius 3 is 2.95 bits per heavy atom. The molecule has 0 unspecified atom stereocenters. The average molecular weight is 267 g/mol. The molecule has 0 saturated carbocycles. The summed E-state index contributed by atoms with van der Waals surface area (Å²) < 4.78 is 13.3. The van der Waals surface area contributed by atoms with Crippen LogP contribution in [0.2, 0.25) is 0 Å². The molecule has 0 radical (unpaired) electrons. The summed E-state index contributed by atoms with van der Waals surface area (Å²) in [7, 11) is 0. The smallest absolute Gasteiger partial charge is 0.407 e. The standard InChI is InChI=1S/C14H18FNO3/c1-9-4-5-11(15)7-12(9)13(17)10-3-2-6-16(8-10)14(18)19/h4-5,7,10,13,17H,2-3,6,8H2,1H3,(H,18,19)/t10-,13-/m1/s1. The van der Waals surface area contributed by atoms with Gasteiger partial charge in [-0.25, -0.2) is 9.18 Å². The molecule has 19 heavy (non-hydrogen) atoms. The van der Waals surface area contributed by atoms with Crippen LogP contribution in [0.1, 0.15) is 30.1 Å². The lowest BCUT2D eigenvalue weighted by molar-refractivity contribution is 0.0498. The van der Waals surface area contributed by atoms with E-state index in [1.807, 2.05) is 6.92 Å². The first-order chi connectivity index (χ1) is 8.99. The summed E-state index contributed by atoms with van der Waals surface area (Å²) in [6.45, 7) is 2.61. The second-order valence-electron chi connectivity index (χ2n) is 5.08. The zero-order valence-corrected chi connectivity index (χ0v) is 10.8. The molecule has 0 bridgehead atoms. The SMILES string of the molecule is Cc1ccc(F)cc1[C@H](O)[C@@H]1CCCN(C(=O)O)C1. The van der Waals surface area contributed by atoms with Crippen LogP contribution in [0.15, 0.2) is 18.2 Å². The first-order valence-electron chi connectivity index (χ1n) is 6.41. The molecule has 104 valence electrons. The minimum atomic E-state index is -0.965. The molecule has 0 spiro atoms. The van der Waals surface area contributed by atoms with Gasteiger partial charge >= 0.3 is 6.09 Å². The molecule has 1 saturated heterocycles. The summed E-state index contributed by atoms with van der Waals surface area (Å²) in [6.07, 6.45) is -0.311. The fourth-order valence-corrected chi connectivity index (χ4v) is 2.63. The van der Waals surface area contributed by atoms with Crippen molar-refractivity contribution < 1.29 is 19.4 Å². The fraction of sp³-hybridized carbons (Fsp3) is 0.500. The highest BCUT2D eigenvalue weighted by molar-refractivity contribution is 5.65. The third-order valence-electron chi connectivity index (χ3n) is 3.73. The number of hydrogen-bond donors (Lipinski definition) is 2. The van der Waals surface area contributed by atoms with Gasteiger partial charge in [0.05, 0.1) is 6.10 Å². The van der Waals surface area contributed by atoms with Crippen molar-refractivity contribution in [1.29, 1.82) is 0 Å². The number of hydrogen-bond acceptors (Lipinski definition) is 2. The molecule has 2 N–H and O–H groups in total. The lowest BCUT2D eigenvalue weighted by Gasteiger charge is -2.34. The number of likely N-dealkylation sites (tertiary alicyclic amines) is 1. The third-order valence-corrected chi connectivity index (χ3v) is 3.73. The number of rotatable bonds is 2. The van der Waals surface area contributed by atoms with E-state index in [2.05, 4.69) is 0 Å². The fourth-order valence-electron chi connectivity index (χ4n) is 2.63. The Kier molecular flexibility index (Phi) is 4.04. The van der Waals surface area contributed by atoms with Gasteiger partial charge in [0.15, 0.2) is 0 Å². The van der Waals surface area contributed by atoms with E-state index in [9.17, 15) is 14.3 Å². The van der Waals surface area contributed by atoms with Crippen LogP contribution in [-0.4, -0.2) is 34.3 Å². The van der Waals surface area contributed by atoms with Crippen molar-refractivity contribution in [3.63, 3.8) is 0 Å². The van der Waals surface area contributed by atoms with Crippen LogP contribution in [0.3, 0.4) is 0 Å². The van der Waals surface area contributed by atoms with Gasteiger partial charge in [-0.15, -0.1) is 0 Å². The van der Waals surface area contributed by atoms with Crippen LogP contribution >= 0.6 is 0 Å². The van der Waals surface area contributed by atoms with E-state index >= 15 is 0 Å². The normalized spacial score (nSPS) is 21.2. The van der Waals surface area contributed by atoms with Gasteiger partial charge in [0.25, 0.3) is 0 Å². The molecule has 1 amide bonds. The van der Waals surface area contributed by atoms with Gasteiger partial charge in [0, 0.05) is 19.0 Å². The van der Waals surface area contributed by atoms with Crippen molar-refractivity contribution in [2.24, 2.45) is 5.92 Å². The van der Waals surface area contributed by atoms with Crippen molar-refractivity contribution in [2.45, 2.75) is 25.9 Å². The Morgan fingerprint density at radius 2 is 2.26 bits per heavy atom. The Hall–Kier alpha value is -1.62. The molecule has 2 rings (SSSR count). The Balaban J connectivity index is 2.16. The number of carbonyl (C=O) groups is 1. The molecule has 0 aliphatic carbocycles. The van der Waals surface area contributed by atoms with Crippen molar-refractivity contribution in [2.75, 3.05) is 13.1 Å². The van der Waals surface area contributed by atoms with E-state index in [1.54, 1.807) is 6.07 Å². The maximum absolute atomic E-state index is 13.3. The second kappa shape index (κ2) is 5.57. The van der Waals surface area contributed by atoms with E-state index in [4.69, 9.17) is 5.11 Å². The van der Waals surface area contributed by atoms with E-state index in [-0.39, 0.29) is 11.7 Å². The summed E-state index contributed by atoms with van der Waals surface area (Å²) in [5.74, 6) is -0.559. The minimum absolute atomic E-state index is 0.176. The van der Waals surface area contributed by atoms with Crippen LogP contribution in [0.25, 0.3) is 0 Å². The van der Waals surface area contributed by atoms with Gasteiger partial charge in [-0.05, 0) is 43.0 Å². The van der Waals surface area contributed by atoms with Crippen LogP contribution in [0, 0.1) is 18.7 Å².